The highest BCUT2D eigenvalue weighted by molar-refractivity contribution is 9.09. The number of rotatable bonds is 2. The van der Waals surface area contributed by atoms with E-state index in [0.29, 0.717) is 4.83 Å². The first kappa shape index (κ1) is 7.29. The minimum atomic E-state index is 0.559. The van der Waals surface area contributed by atoms with Crippen LogP contribution in [0.5, 0.6) is 0 Å². The van der Waals surface area contributed by atoms with Gasteiger partial charge in [-0.2, -0.15) is 11.3 Å². The Labute approximate surface area is 68.0 Å². The lowest BCUT2D eigenvalue weighted by molar-refractivity contribution is 0.916. The number of halogens is 1. The smallest absolute Gasteiger partial charge is 0.0400 e. The van der Waals surface area contributed by atoms with Gasteiger partial charge in [-0.25, -0.2) is 0 Å². The van der Waals surface area contributed by atoms with E-state index in [0.717, 1.165) is 6.42 Å². The molecule has 1 heterocycles. The van der Waals surface area contributed by atoms with Gasteiger partial charge in [-0.1, -0.05) is 22.9 Å². The maximum absolute atomic E-state index is 3.57. The molecule has 1 rings (SSSR count). The van der Waals surface area contributed by atoms with Crippen LogP contribution >= 0.6 is 27.3 Å². The van der Waals surface area contributed by atoms with E-state index in [1.54, 1.807) is 11.3 Å². The predicted octanol–water partition coefficient (Wildman–Crippen LogP) is 3.59. The first-order valence-electron chi connectivity index (χ1n) is 3.00. The quantitative estimate of drug-likeness (QED) is 0.647. The lowest BCUT2D eigenvalue weighted by Gasteiger charge is -2.00. The second-order valence-corrected chi connectivity index (χ2v) is 3.82. The van der Waals surface area contributed by atoms with Crippen LogP contribution in [0.2, 0.25) is 0 Å². The van der Waals surface area contributed by atoms with Gasteiger partial charge in [0, 0.05) is 4.83 Å². The fourth-order valence-corrected chi connectivity index (χ4v) is 1.86. The van der Waals surface area contributed by atoms with Crippen LogP contribution in [0.4, 0.5) is 0 Å². The van der Waals surface area contributed by atoms with Crippen LogP contribution in [0.25, 0.3) is 0 Å². The van der Waals surface area contributed by atoms with Gasteiger partial charge in [-0.05, 0) is 28.8 Å². The Morgan fingerprint density at radius 1 is 1.78 bits per heavy atom. The summed E-state index contributed by atoms with van der Waals surface area (Å²) in [5.74, 6) is 0. The van der Waals surface area contributed by atoms with Gasteiger partial charge >= 0.3 is 0 Å². The second kappa shape index (κ2) is 3.37. The Hall–Kier alpha value is 0.180. The lowest BCUT2D eigenvalue weighted by Crippen LogP contribution is -1.80. The van der Waals surface area contributed by atoms with E-state index in [4.69, 9.17) is 0 Å². The van der Waals surface area contributed by atoms with Crippen molar-refractivity contribution >= 4 is 27.3 Å². The highest BCUT2D eigenvalue weighted by Gasteiger charge is 2.02. The zero-order valence-electron chi connectivity index (χ0n) is 5.30. The summed E-state index contributed by atoms with van der Waals surface area (Å²) in [4.78, 5) is 0.559. The highest BCUT2D eigenvalue weighted by atomic mass is 79.9. The fraction of sp³-hybridized carbons (Fsp3) is 0.429. The summed E-state index contributed by atoms with van der Waals surface area (Å²) >= 11 is 5.32. The Kier molecular flexibility index (Phi) is 2.73. The molecular weight excluding hydrogens is 196 g/mol. The Balaban J connectivity index is 2.65. The largest absolute Gasteiger partial charge is 0.152 e. The van der Waals surface area contributed by atoms with E-state index in [1.165, 1.54) is 5.56 Å². The molecular formula is C7H9BrS. The molecule has 1 unspecified atom stereocenters. The molecule has 0 spiro atoms. The number of thiophene rings is 1. The van der Waals surface area contributed by atoms with Crippen molar-refractivity contribution in [2.45, 2.75) is 18.2 Å². The van der Waals surface area contributed by atoms with E-state index < -0.39 is 0 Å². The molecule has 0 aromatic carbocycles. The molecule has 0 fully saturated rings. The van der Waals surface area contributed by atoms with Crippen LogP contribution < -0.4 is 0 Å². The summed E-state index contributed by atoms with van der Waals surface area (Å²) < 4.78 is 0. The average Bonchev–Trinajstić information content (AvgIpc) is 2.37. The number of hydrogen-bond donors (Lipinski definition) is 0. The normalized spacial score (nSPS) is 13.6. The van der Waals surface area contributed by atoms with Crippen LogP contribution in [-0.2, 0) is 0 Å². The van der Waals surface area contributed by atoms with Gasteiger partial charge < -0.3 is 0 Å². The van der Waals surface area contributed by atoms with E-state index in [9.17, 15) is 0 Å². The van der Waals surface area contributed by atoms with Crippen molar-refractivity contribution in [3.63, 3.8) is 0 Å². The Morgan fingerprint density at radius 2 is 2.56 bits per heavy atom. The van der Waals surface area contributed by atoms with Crippen molar-refractivity contribution < 1.29 is 0 Å². The molecule has 1 aromatic rings. The molecule has 0 N–H and O–H groups in total. The van der Waals surface area contributed by atoms with Crippen LogP contribution in [0, 0.1) is 0 Å². The molecule has 0 bridgehead atoms. The minimum Gasteiger partial charge on any atom is -0.152 e. The SMILES string of the molecule is CCC(Br)c1ccsc1. The number of alkyl halides is 1. The monoisotopic (exact) mass is 204 g/mol. The highest BCUT2D eigenvalue weighted by Crippen LogP contribution is 2.27. The van der Waals surface area contributed by atoms with Crippen molar-refractivity contribution in [1.82, 2.24) is 0 Å². The first-order chi connectivity index (χ1) is 4.34. The lowest BCUT2D eigenvalue weighted by atomic mass is 10.2. The summed E-state index contributed by atoms with van der Waals surface area (Å²) in [6.07, 6.45) is 1.16. The molecule has 0 radical (unpaired) electrons. The molecule has 0 aliphatic carbocycles. The van der Waals surface area contributed by atoms with E-state index in [1.807, 2.05) is 0 Å². The zero-order chi connectivity index (χ0) is 6.69. The summed E-state index contributed by atoms with van der Waals surface area (Å²) in [6, 6.07) is 2.16. The second-order valence-electron chi connectivity index (χ2n) is 1.93. The topological polar surface area (TPSA) is 0 Å². The molecule has 1 atom stereocenters. The van der Waals surface area contributed by atoms with Gasteiger partial charge in [0.1, 0.15) is 0 Å². The molecule has 50 valence electrons. The van der Waals surface area contributed by atoms with Gasteiger partial charge in [0.15, 0.2) is 0 Å². The van der Waals surface area contributed by atoms with Crippen molar-refractivity contribution in [1.29, 1.82) is 0 Å². The third kappa shape index (κ3) is 1.80. The maximum Gasteiger partial charge on any atom is 0.0400 e. The van der Waals surface area contributed by atoms with E-state index in [-0.39, 0.29) is 0 Å². The van der Waals surface area contributed by atoms with Gasteiger partial charge in [0.25, 0.3) is 0 Å². The molecule has 0 amide bonds. The maximum atomic E-state index is 3.57. The van der Waals surface area contributed by atoms with Crippen LogP contribution in [0.15, 0.2) is 16.8 Å². The third-order valence-corrected chi connectivity index (χ3v) is 3.14. The molecule has 0 saturated carbocycles. The fourth-order valence-electron chi connectivity index (χ4n) is 0.689. The van der Waals surface area contributed by atoms with Gasteiger partial charge in [0.2, 0.25) is 0 Å². The summed E-state index contributed by atoms with van der Waals surface area (Å²) in [5.41, 5.74) is 1.41. The summed E-state index contributed by atoms with van der Waals surface area (Å²) in [7, 11) is 0. The van der Waals surface area contributed by atoms with Crippen molar-refractivity contribution in [3.8, 4) is 0 Å². The number of hydrogen-bond acceptors (Lipinski definition) is 1. The van der Waals surface area contributed by atoms with Gasteiger partial charge in [0.05, 0.1) is 0 Å². The minimum absolute atomic E-state index is 0.559. The summed E-state index contributed by atoms with van der Waals surface area (Å²) in [6.45, 7) is 2.18. The van der Waals surface area contributed by atoms with Crippen molar-refractivity contribution in [3.05, 3.63) is 22.4 Å². The van der Waals surface area contributed by atoms with Crippen molar-refractivity contribution in [2.75, 3.05) is 0 Å². The van der Waals surface area contributed by atoms with Crippen molar-refractivity contribution in [2.24, 2.45) is 0 Å². The molecule has 0 nitrogen and oxygen atoms in total. The van der Waals surface area contributed by atoms with Gasteiger partial charge in [-0.3, -0.25) is 0 Å². The average molecular weight is 205 g/mol. The molecule has 0 aliphatic heterocycles. The Bertz CT molecular complexity index is 157. The third-order valence-electron chi connectivity index (χ3n) is 1.26. The Morgan fingerprint density at radius 3 is 3.00 bits per heavy atom. The van der Waals surface area contributed by atoms with E-state index >= 15 is 0 Å². The van der Waals surface area contributed by atoms with E-state index in [2.05, 4.69) is 39.7 Å². The predicted molar refractivity (Wildman–Crippen MR) is 46.3 cm³/mol. The summed E-state index contributed by atoms with van der Waals surface area (Å²) in [5, 5.41) is 4.29. The first-order valence-corrected chi connectivity index (χ1v) is 4.86. The van der Waals surface area contributed by atoms with Crippen LogP contribution in [0.3, 0.4) is 0 Å². The van der Waals surface area contributed by atoms with Gasteiger partial charge in [-0.15, -0.1) is 0 Å². The molecule has 0 saturated heterocycles. The van der Waals surface area contributed by atoms with Crippen LogP contribution in [-0.4, -0.2) is 0 Å². The van der Waals surface area contributed by atoms with Crippen LogP contribution in [0.1, 0.15) is 23.7 Å². The zero-order valence-corrected chi connectivity index (χ0v) is 7.71. The molecule has 1 aromatic heterocycles. The molecule has 2 heteroatoms. The standard InChI is InChI=1S/C7H9BrS/c1-2-7(8)6-3-4-9-5-6/h3-5,7H,2H2,1H3. The molecule has 0 aliphatic rings. The molecule has 9 heavy (non-hydrogen) atoms.